The summed E-state index contributed by atoms with van der Waals surface area (Å²) in [6.07, 6.45) is 7.31. The summed E-state index contributed by atoms with van der Waals surface area (Å²) in [6.45, 7) is 3.08. The third-order valence-electron chi connectivity index (χ3n) is 5.45. The smallest absolute Gasteiger partial charge is 0.191 e. The molecule has 3 aromatic rings. The predicted octanol–water partition coefficient (Wildman–Crippen LogP) is 4.25. The lowest BCUT2D eigenvalue weighted by atomic mass is 10.2. The predicted molar refractivity (Wildman–Crippen MR) is 140 cm³/mol. The second-order valence-electron chi connectivity index (χ2n) is 7.92. The first-order chi connectivity index (χ1) is 15.3. The number of aliphatic imine (C=N–C) groups is 1. The first kappa shape index (κ1) is 24.1. The minimum Gasteiger partial charge on any atom is -0.493 e. The summed E-state index contributed by atoms with van der Waals surface area (Å²) < 4.78 is 8.20. The molecule has 32 heavy (non-hydrogen) atoms. The zero-order valence-electron chi connectivity index (χ0n) is 18.5. The molecule has 1 saturated carbocycles. The fourth-order valence-electron chi connectivity index (χ4n) is 3.47. The molecule has 0 atom stereocenters. The Morgan fingerprint density at radius 3 is 2.66 bits per heavy atom. The first-order valence-corrected chi connectivity index (χ1v) is 11.0. The van der Waals surface area contributed by atoms with E-state index in [1.54, 1.807) is 7.05 Å². The van der Waals surface area contributed by atoms with Crippen LogP contribution in [0.25, 0.3) is 0 Å². The molecule has 1 aromatic heterocycles. The SMILES string of the molecule is CN=C(NCCc1nccn1Cc1ccccc1)NCc1ccccc1OCC1CC1.I. The Kier molecular flexibility index (Phi) is 9.40. The lowest BCUT2D eigenvalue weighted by molar-refractivity contribution is 0.296. The molecular weight excluding hydrogens is 513 g/mol. The van der Waals surface area contributed by atoms with Crippen LogP contribution in [0.1, 0.15) is 29.8 Å². The average molecular weight is 545 g/mol. The maximum absolute atomic E-state index is 6.01. The van der Waals surface area contributed by atoms with E-state index in [0.29, 0.717) is 6.54 Å². The fraction of sp³-hybridized carbons (Fsp3) is 0.360. The van der Waals surface area contributed by atoms with Gasteiger partial charge >= 0.3 is 0 Å². The van der Waals surface area contributed by atoms with Crippen LogP contribution in [0.2, 0.25) is 0 Å². The van der Waals surface area contributed by atoms with Gasteiger partial charge in [-0.3, -0.25) is 4.99 Å². The lowest BCUT2D eigenvalue weighted by Crippen LogP contribution is -2.38. The van der Waals surface area contributed by atoms with E-state index in [-0.39, 0.29) is 24.0 Å². The number of benzene rings is 2. The molecule has 1 aliphatic rings. The van der Waals surface area contributed by atoms with Gasteiger partial charge in [0.25, 0.3) is 0 Å². The van der Waals surface area contributed by atoms with Crippen molar-refractivity contribution >= 4 is 29.9 Å². The standard InChI is InChI=1S/C25H31N5O.HI/c1-26-25(29-17-22-9-5-6-10-23(22)31-19-21-11-12-21)28-14-13-24-27-15-16-30(24)18-20-7-3-2-4-8-20;/h2-10,15-16,21H,11-14,17-19H2,1H3,(H2,26,28,29);1H. The second-order valence-corrected chi connectivity index (χ2v) is 7.92. The van der Waals surface area contributed by atoms with Gasteiger partial charge in [0.1, 0.15) is 11.6 Å². The van der Waals surface area contributed by atoms with Gasteiger partial charge in [-0.1, -0.05) is 48.5 Å². The van der Waals surface area contributed by atoms with Crippen molar-refractivity contribution < 1.29 is 4.74 Å². The van der Waals surface area contributed by atoms with Gasteiger partial charge in [-0.05, 0) is 30.4 Å². The monoisotopic (exact) mass is 545 g/mol. The van der Waals surface area contributed by atoms with Crippen LogP contribution < -0.4 is 15.4 Å². The lowest BCUT2D eigenvalue weighted by Gasteiger charge is -2.15. The number of nitrogens with one attached hydrogen (secondary N) is 2. The summed E-state index contributed by atoms with van der Waals surface area (Å²) >= 11 is 0. The van der Waals surface area contributed by atoms with Crippen LogP contribution in [0.3, 0.4) is 0 Å². The summed E-state index contributed by atoms with van der Waals surface area (Å²) in [5.74, 6) is 3.54. The van der Waals surface area contributed by atoms with Gasteiger partial charge in [0.05, 0.1) is 6.61 Å². The molecule has 170 valence electrons. The number of nitrogens with zero attached hydrogens (tertiary/aromatic N) is 3. The van der Waals surface area contributed by atoms with Crippen molar-refractivity contribution in [1.29, 1.82) is 0 Å². The first-order valence-electron chi connectivity index (χ1n) is 11.0. The van der Waals surface area contributed by atoms with Crippen molar-refractivity contribution in [3.05, 3.63) is 83.9 Å². The van der Waals surface area contributed by atoms with Crippen LogP contribution in [0.5, 0.6) is 5.75 Å². The highest BCUT2D eigenvalue weighted by atomic mass is 127. The van der Waals surface area contributed by atoms with Crippen LogP contribution in [-0.4, -0.2) is 35.7 Å². The maximum atomic E-state index is 6.01. The summed E-state index contributed by atoms with van der Waals surface area (Å²) in [5.41, 5.74) is 2.42. The van der Waals surface area contributed by atoms with E-state index in [9.17, 15) is 0 Å². The number of guanidine groups is 1. The normalized spacial score (nSPS) is 13.3. The van der Waals surface area contributed by atoms with Crippen LogP contribution in [0, 0.1) is 5.92 Å². The Balaban J connectivity index is 0.00000289. The van der Waals surface area contributed by atoms with Gasteiger partial charge in [0.2, 0.25) is 0 Å². The number of rotatable bonds is 10. The summed E-state index contributed by atoms with van der Waals surface area (Å²) in [6, 6.07) is 18.7. The van der Waals surface area contributed by atoms with E-state index in [1.165, 1.54) is 18.4 Å². The molecule has 0 unspecified atom stereocenters. The highest BCUT2D eigenvalue weighted by Gasteiger charge is 2.22. The van der Waals surface area contributed by atoms with E-state index in [0.717, 1.165) is 55.1 Å². The van der Waals surface area contributed by atoms with Gasteiger partial charge in [0.15, 0.2) is 5.96 Å². The molecule has 0 aliphatic heterocycles. The Morgan fingerprint density at radius 1 is 1.09 bits per heavy atom. The van der Waals surface area contributed by atoms with Gasteiger partial charge < -0.3 is 19.9 Å². The summed E-state index contributed by atoms with van der Waals surface area (Å²) in [7, 11) is 1.79. The van der Waals surface area contributed by atoms with Crippen molar-refractivity contribution in [2.24, 2.45) is 10.9 Å². The van der Waals surface area contributed by atoms with Gasteiger partial charge in [-0.15, -0.1) is 24.0 Å². The summed E-state index contributed by atoms with van der Waals surface area (Å²) in [5, 5.41) is 6.79. The Hall–Kier alpha value is -2.55. The third kappa shape index (κ3) is 7.25. The Bertz CT molecular complexity index is 985. The number of para-hydroxylation sites is 1. The van der Waals surface area contributed by atoms with Gasteiger partial charge in [0, 0.05) is 51.1 Å². The van der Waals surface area contributed by atoms with Gasteiger partial charge in [-0.2, -0.15) is 0 Å². The average Bonchev–Trinajstić information content (AvgIpc) is 3.54. The molecule has 0 spiro atoms. The molecule has 0 saturated heterocycles. The van der Waals surface area contributed by atoms with Gasteiger partial charge in [-0.25, -0.2) is 4.98 Å². The second kappa shape index (κ2) is 12.5. The topological polar surface area (TPSA) is 63.5 Å². The number of halogens is 1. The molecule has 6 nitrogen and oxygen atoms in total. The number of hydrogen-bond acceptors (Lipinski definition) is 3. The maximum Gasteiger partial charge on any atom is 0.191 e. The van der Waals surface area contributed by atoms with Crippen molar-refractivity contribution in [1.82, 2.24) is 20.2 Å². The number of ether oxygens (including phenoxy) is 1. The minimum absolute atomic E-state index is 0. The van der Waals surface area contributed by atoms with Crippen molar-refractivity contribution in [2.75, 3.05) is 20.2 Å². The largest absolute Gasteiger partial charge is 0.493 e. The zero-order chi connectivity index (χ0) is 21.3. The minimum atomic E-state index is 0. The summed E-state index contributed by atoms with van der Waals surface area (Å²) in [4.78, 5) is 8.88. The van der Waals surface area contributed by atoms with Crippen molar-refractivity contribution in [3.63, 3.8) is 0 Å². The van der Waals surface area contributed by atoms with E-state index in [4.69, 9.17) is 4.74 Å². The quantitative estimate of drug-likeness (QED) is 0.227. The van der Waals surface area contributed by atoms with Crippen molar-refractivity contribution in [2.45, 2.75) is 32.4 Å². The Morgan fingerprint density at radius 2 is 1.88 bits per heavy atom. The van der Waals surface area contributed by atoms with Crippen LogP contribution in [0.15, 0.2) is 72.0 Å². The molecular formula is C25H32IN5O. The molecule has 1 fully saturated rings. The molecule has 2 N–H and O–H groups in total. The number of imidazole rings is 1. The third-order valence-corrected chi connectivity index (χ3v) is 5.45. The number of aromatic nitrogens is 2. The Labute approximate surface area is 207 Å². The molecule has 0 amide bonds. The molecule has 2 aromatic carbocycles. The van der Waals surface area contributed by atoms with Crippen LogP contribution >= 0.6 is 24.0 Å². The van der Waals surface area contributed by atoms with Crippen LogP contribution in [0.4, 0.5) is 0 Å². The molecule has 4 rings (SSSR count). The highest BCUT2D eigenvalue weighted by molar-refractivity contribution is 14.0. The zero-order valence-corrected chi connectivity index (χ0v) is 20.9. The van der Waals surface area contributed by atoms with Crippen molar-refractivity contribution in [3.8, 4) is 5.75 Å². The van der Waals surface area contributed by atoms with Crippen LogP contribution in [-0.2, 0) is 19.5 Å². The molecule has 1 heterocycles. The molecule has 0 bridgehead atoms. The number of hydrogen-bond donors (Lipinski definition) is 2. The molecule has 1 aliphatic carbocycles. The van der Waals surface area contributed by atoms with E-state index >= 15 is 0 Å². The van der Waals surface area contributed by atoms with E-state index < -0.39 is 0 Å². The molecule has 0 radical (unpaired) electrons. The highest BCUT2D eigenvalue weighted by Crippen LogP contribution is 2.30. The molecule has 7 heteroatoms. The fourth-order valence-corrected chi connectivity index (χ4v) is 3.47. The van der Waals surface area contributed by atoms with E-state index in [2.05, 4.69) is 55.5 Å². The van der Waals surface area contributed by atoms with E-state index in [1.807, 2.05) is 36.7 Å².